The summed E-state index contributed by atoms with van der Waals surface area (Å²) >= 11 is 5.21. The fourth-order valence-electron chi connectivity index (χ4n) is 0.729. The van der Waals surface area contributed by atoms with Crippen LogP contribution >= 0.6 is 11.6 Å². The summed E-state index contributed by atoms with van der Waals surface area (Å²) in [5.74, 6) is -1.10. The second kappa shape index (κ2) is 5.18. The molecule has 0 aliphatic rings. The van der Waals surface area contributed by atoms with Crippen LogP contribution in [-0.2, 0) is 4.79 Å². The maximum atomic E-state index is 11.3. The van der Waals surface area contributed by atoms with Crippen LogP contribution in [-0.4, -0.2) is 22.7 Å². The fraction of sp³-hybridized carbons (Fsp3) is 0.125. The summed E-state index contributed by atoms with van der Waals surface area (Å²) < 4.78 is 0. The lowest BCUT2D eigenvalue weighted by Crippen LogP contribution is -2.42. The molecular weight excluding hydrogens is 206 g/mol. The van der Waals surface area contributed by atoms with Gasteiger partial charge in [0.15, 0.2) is 0 Å². The molecule has 14 heavy (non-hydrogen) atoms. The first-order valence-electron chi connectivity index (χ1n) is 3.79. The molecule has 2 N–H and O–H groups in total. The van der Waals surface area contributed by atoms with Crippen LogP contribution in [0.2, 0.25) is 0 Å². The Bertz CT molecular complexity index is 329. The minimum Gasteiger partial charge on any atom is -0.272 e. The van der Waals surface area contributed by atoms with E-state index >= 15 is 0 Å². The molecule has 1 aromatic heterocycles. The molecule has 0 saturated heterocycles. The molecule has 0 fully saturated rings. The standard InChI is InChI=1S/C8H8ClN3O2/c9-4-7(13)11-12-8(14)6-2-1-3-10-5-6/h1-3,5H,4H2,(H,11,13)(H,12,14). The van der Waals surface area contributed by atoms with Crippen molar-refractivity contribution in [2.75, 3.05) is 5.88 Å². The minimum atomic E-state index is -0.469. The zero-order valence-corrected chi connectivity index (χ0v) is 7.91. The van der Waals surface area contributed by atoms with Crippen LogP contribution in [0.3, 0.4) is 0 Å². The Balaban J connectivity index is 2.48. The van der Waals surface area contributed by atoms with E-state index in [0.717, 1.165) is 0 Å². The number of carbonyl (C=O) groups excluding carboxylic acids is 2. The molecule has 0 aromatic carbocycles. The van der Waals surface area contributed by atoms with E-state index in [1.807, 2.05) is 0 Å². The lowest BCUT2D eigenvalue weighted by Gasteiger charge is -2.04. The summed E-state index contributed by atoms with van der Waals surface area (Å²) in [6.45, 7) is 0. The number of halogens is 1. The lowest BCUT2D eigenvalue weighted by atomic mass is 10.3. The SMILES string of the molecule is O=C(CCl)NNC(=O)c1cccnc1. The third-order valence-electron chi connectivity index (χ3n) is 1.36. The largest absolute Gasteiger partial charge is 0.272 e. The first-order chi connectivity index (χ1) is 6.74. The van der Waals surface area contributed by atoms with Crippen LogP contribution in [0, 0.1) is 0 Å². The topological polar surface area (TPSA) is 71.1 Å². The van der Waals surface area contributed by atoms with Gasteiger partial charge >= 0.3 is 0 Å². The number of hydrazine groups is 1. The first-order valence-corrected chi connectivity index (χ1v) is 4.32. The van der Waals surface area contributed by atoms with Gasteiger partial charge < -0.3 is 0 Å². The second-order valence-electron chi connectivity index (χ2n) is 2.38. The zero-order valence-electron chi connectivity index (χ0n) is 7.16. The Morgan fingerprint density at radius 2 is 2.21 bits per heavy atom. The van der Waals surface area contributed by atoms with Gasteiger partial charge in [-0.05, 0) is 12.1 Å². The molecule has 0 atom stereocenters. The molecule has 0 saturated carbocycles. The number of aromatic nitrogens is 1. The highest BCUT2D eigenvalue weighted by atomic mass is 35.5. The molecule has 0 radical (unpaired) electrons. The van der Waals surface area contributed by atoms with Crippen molar-refractivity contribution < 1.29 is 9.59 Å². The monoisotopic (exact) mass is 213 g/mol. The Hall–Kier alpha value is -1.62. The van der Waals surface area contributed by atoms with Crippen molar-refractivity contribution in [3.05, 3.63) is 30.1 Å². The van der Waals surface area contributed by atoms with Gasteiger partial charge in [0.25, 0.3) is 11.8 Å². The van der Waals surface area contributed by atoms with Gasteiger partial charge in [-0.2, -0.15) is 0 Å². The summed E-state index contributed by atoms with van der Waals surface area (Å²) in [6, 6.07) is 3.20. The molecular formula is C8H8ClN3O2. The van der Waals surface area contributed by atoms with Gasteiger partial charge in [0.05, 0.1) is 5.56 Å². The first kappa shape index (κ1) is 10.5. The number of carbonyl (C=O) groups is 2. The van der Waals surface area contributed by atoms with E-state index in [-0.39, 0.29) is 5.88 Å². The van der Waals surface area contributed by atoms with Crippen molar-refractivity contribution in [1.82, 2.24) is 15.8 Å². The number of hydrogen-bond donors (Lipinski definition) is 2. The molecule has 0 bridgehead atoms. The van der Waals surface area contributed by atoms with E-state index in [1.54, 1.807) is 18.3 Å². The van der Waals surface area contributed by atoms with E-state index in [2.05, 4.69) is 15.8 Å². The van der Waals surface area contributed by atoms with Crippen molar-refractivity contribution in [2.24, 2.45) is 0 Å². The average Bonchev–Trinajstić information content (AvgIpc) is 2.26. The number of amides is 2. The molecule has 2 amide bonds. The van der Waals surface area contributed by atoms with Crippen molar-refractivity contribution >= 4 is 23.4 Å². The molecule has 74 valence electrons. The maximum Gasteiger partial charge on any atom is 0.271 e. The van der Waals surface area contributed by atoms with Crippen molar-refractivity contribution in [3.8, 4) is 0 Å². The van der Waals surface area contributed by atoms with E-state index in [9.17, 15) is 9.59 Å². The number of nitrogens with one attached hydrogen (secondary N) is 2. The third kappa shape index (κ3) is 3.02. The predicted octanol–water partition coefficient (Wildman–Crippen LogP) is 0.0814. The van der Waals surface area contributed by atoms with Crippen LogP contribution in [0.25, 0.3) is 0 Å². The second-order valence-corrected chi connectivity index (χ2v) is 2.64. The van der Waals surface area contributed by atoms with Gasteiger partial charge in [0, 0.05) is 12.4 Å². The molecule has 0 unspecified atom stereocenters. The Kier molecular flexibility index (Phi) is 3.87. The van der Waals surface area contributed by atoms with Gasteiger partial charge in [-0.25, -0.2) is 0 Å². The Morgan fingerprint density at radius 1 is 1.43 bits per heavy atom. The predicted molar refractivity (Wildman–Crippen MR) is 50.6 cm³/mol. The van der Waals surface area contributed by atoms with E-state index < -0.39 is 11.8 Å². The van der Waals surface area contributed by atoms with E-state index in [4.69, 9.17) is 11.6 Å². The van der Waals surface area contributed by atoms with Crippen LogP contribution in [0.5, 0.6) is 0 Å². The minimum absolute atomic E-state index is 0.201. The zero-order chi connectivity index (χ0) is 10.4. The van der Waals surface area contributed by atoms with Crippen LogP contribution in [0.1, 0.15) is 10.4 Å². The van der Waals surface area contributed by atoms with E-state index in [0.29, 0.717) is 5.56 Å². The summed E-state index contributed by atoms with van der Waals surface area (Å²) in [4.78, 5) is 25.7. The van der Waals surface area contributed by atoms with Crippen LogP contribution in [0.4, 0.5) is 0 Å². The Morgan fingerprint density at radius 3 is 2.79 bits per heavy atom. The lowest BCUT2D eigenvalue weighted by molar-refractivity contribution is -0.119. The summed E-state index contributed by atoms with van der Waals surface area (Å²) in [7, 11) is 0. The van der Waals surface area contributed by atoms with Crippen molar-refractivity contribution in [3.63, 3.8) is 0 Å². The molecule has 0 aliphatic heterocycles. The van der Waals surface area contributed by atoms with Gasteiger partial charge in [-0.1, -0.05) is 0 Å². The average molecular weight is 214 g/mol. The van der Waals surface area contributed by atoms with Crippen LogP contribution in [0.15, 0.2) is 24.5 Å². The Labute approximate surface area is 85.4 Å². The third-order valence-corrected chi connectivity index (χ3v) is 1.60. The van der Waals surface area contributed by atoms with E-state index in [1.165, 1.54) is 6.20 Å². The number of rotatable bonds is 2. The highest BCUT2D eigenvalue weighted by Gasteiger charge is 2.05. The number of alkyl halides is 1. The molecule has 0 spiro atoms. The van der Waals surface area contributed by atoms with Crippen molar-refractivity contribution in [2.45, 2.75) is 0 Å². The molecule has 1 rings (SSSR count). The summed E-state index contributed by atoms with van der Waals surface area (Å²) in [6.07, 6.45) is 2.94. The quantitative estimate of drug-likeness (QED) is 0.540. The normalized spacial score (nSPS) is 9.21. The summed E-state index contributed by atoms with van der Waals surface area (Å²) in [5.41, 5.74) is 4.68. The number of pyridine rings is 1. The van der Waals surface area contributed by atoms with Gasteiger partial charge in [-0.3, -0.25) is 25.4 Å². The van der Waals surface area contributed by atoms with Gasteiger partial charge in [0.2, 0.25) is 0 Å². The number of hydrogen-bond acceptors (Lipinski definition) is 3. The molecule has 1 aromatic rings. The fourth-order valence-corrected chi connectivity index (χ4v) is 0.796. The maximum absolute atomic E-state index is 11.3. The summed E-state index contributed by atoms with van der Waals surface area (Å²) in [5, 5.41) is 0. The van der Waals surface area contributed by atoms with Gasteiger partial charge in [-0.15, -0.1) is 11.6 Å². The van der Waals surface area contributed by atoms with Crippen molar-refractivity contribution in [1.29, 1.82) is 0 Å². The molecule has 1 heterocycles. The molecule has 6 heteroatoms. The van der Waals surface area contributed by atoms with Crippen LogP contribution < -0.4 is 10.9 Å². The molecule has 5 nitrogen and oxygen atoms in total. The highest BCUT2D eigenvalue weighted by Crippen LogP contribution is 1.93. The van der Waals surface area contributed by atoms with Gasteiger partial charge in [0.1, 0.15) is 5.88 Å². The number of nitrogens with zero attached hydrogens (tertiary/aromatic N) is 1. The smallest absolute Gasteiger partial charge is 0.271 e. The highest BCUT2D eigenvalue weighted by molar-refractivity contribution is 6.27. The molecule has 0 aliphatic carbocycles.